The lowest BCUT2D eigenvalue weighted by Gasteiger charge is -2.09. The van der Waals surface area contributed by atoms with Crippen molar-refractivity contribution in [1.82, 2.24) is 19.3 Å². The highest BCUT2D eigenvalue weighted by atomic mass is 16.2. The molecule has 0 fully saturated rings. The summed E-state index contributed by atoms with van der Waals surface area (Å²) in [6, 6.07) is 3.80. The molecule has 2 aromatic rings. The van der Waals surface area contributed by atoms with Crippen LogP contribution in [0.15, 0.2) is 23.1 Å². The summed E-state index contributed by atoms with van der Waals surface area (Å²) in [5.74, 6) is 0.898. The Kier molecular flexibility index (Phi) is 3.16. The van der Waals surface area contributed by atoms with Crippen molar-refractivity contribution in [3.63, 3.8) is 0 Å². The van der Waals surface area contributed by atoms with Gasteiger partial charge in [-0.15, -0.1) is 0 Å². The molecule has 100 valence electrons. The fraction of sp³-hybridized carbons (Fsp3) is 0.462. The Morgan fingerprint density at radius 2 is 2.26 bits per heavy atom. The fourth-order valence-corrected chi connectivity index (χ4v) is 2.51. The average molecular weight is 259 g/mol. The van der Waals surface area contributed by atoms with Gasteiger partial charge < -0.3 is 5.73 Å². The summed E-state index contributed by atoms with van der Waals surface area (Å²) >= 11 is 0. The molecule has 0 atom stereocenters. The summed E-state index contributed by atoms with van der Waals surface area (Å²) in [7, 11) is 0. The van der Waals surface area contributed by atoms with E-state index in [0.29, 0.717) is 13.1 Å². The number of aryl methyl sites for hydroxylation is 1. The van der Waals surface area contributed by atoms with Crippen molar-refractivity contribution in [2.45, 2.75) is 38.9 Å². The third-order valence-electron chi connectivity index (χ3n) is 3.53. The normalized spacial score (nSPS) is 14.4. The van der Waals surface area contributed by atoms with E-state index in [-0.39, 0.29) is 5.69 Å². The fourth-order valence-electron chi connectivity index (χ4n) is 2.51. The number of hydrogen-bond acceptors (Lipinski definition) is 4. The van der Waals surface area contributed by atoms with Crippen LogP contribution in [0.3, 0.4) is 0 Å². The predicted molar refractivity (Wildman–Crippen MR) is 70.7 cm³/mol. The molecule has 19 heavy (non-hydrogen) atoms. The van der Waals surface area contributed by atoms with Gasteiger partial charge in [0.2, 0.25) is 0 Å². The molecule has 0 unspecified atom stereocenters. The molecular formula is C13H17N5O. The van der Waals surface area contributed by atoms with E-state index in [0.717, 1.165) is 42.9 Å². The van der Waals surface area contributed by atoms with Gasteiger partial charge >= 0.3 is 5.69 Å². The quantitative estimate of drug-likeness (QED) is 0.859. The van der Waals surface area contributed by atoms with Crippen LogP contribution in [0.1, 0.15) is 29.9 Å². The minimum Gasteiger partial charge on any atom is -0.325 e. The Balaban J connectivity index is 1.95. The summed E-state index contributed by atoms with van der Waals surface area (Å²) in [4.78, 5) is 16.5. The molecule has 0 bridgehead atoms. The van der Waals surface area contributed by atoms with Crippen molar-refractivity contribution in [2.24, 2.45) is 5.73 Å². The molecule has 2 N–H and O–H groups in total. The first-order valence-electron chi connectivity index (χ1n) is 6.59. The van der Waals surface area contributed by atoms with Crippen LogP contribution in [0.2, 0.25) is 0 Å². The molecule has 0 radical (unpaired) electrons. The van der Waals surface area contributed by atoms with E-state index >= 15 is 0 Å². The second-order valence-electron chi connectivity index (χ2n) is 4.78. The third kappa shape index (κ3) is 2.19. The van der Waals surface area contributed by atoms with Crippen molar-refractivity contribution in [3.8, 4) is 0 Å². The molecule has 0 spiro atoms. The molecule has 1 aliphatic rings. The number of fused-ring (bicyclic) bond motifs is 1. The van der Waals surface area contributed by atoms with E-state index in [4.69, 9.17) is 5.73 Å². The smallest absolute Gasteiger partial charge is 0.325 e. The Morgan fingerprint density at radius 1 is 1.37 bits per heavy atom. The van der Waals surface area contributed by atoms with Gasteiger partial charge in [0.25, 0.3) is 0 Å². The van der Waals surface area contributed by atoms with Crippen LogP contribution in [0.25, 0.3) is 0 Å². The molecule has 0 saturated carbocycles. The molecule has 3 rings (SSSR count). The SMILES string of the molecule is NCc1ncccc1Cn1nc2n(c1=O)CCCC2. The van der Waals surface area contributed by atoms with Gasteiger partial charge in [0, 0.05) is 25.7 Å². The highest BCUT2D eigenvalue weighted by Crippen LogP contribution is 2.11. The van der Waals surface area contributed by atoms with Gasteiger partial charge in [0.05, 0.1) is 12.2 Å². The number of hydrogen-bond donors (Lipinski definition) is 1. The second kappa shape index (κ2) is 4.97. The second-order valence-corrected chi connectivity index (χ2v) is 4.78. The van der Waals surface area contributed by atoms with E-state index in [1.54, 1.807) is 10.8 Å². The standard InChI is InChI=1S/C13H17N5O/c14-8-11-10(4-3-6-15-11)9-18-13(19)17-7-2-1-5-12(17)16-18/h3-4,6H,1-2,5,7-9,14H2. The van der Waals surface area contributed by atoms with Gasteiger partial charge in [-0.25, -0.2) is 9.48 Å². The van der Waals surface area contributed by atoms with Gasteiger partial charge in [-0.2, -0.15) is 5.10 Å². The van der Waals surface area contributed by atoms with Gasteiger partial charge in [-0.05, 0) is 24.5 Å². The average Bonchev–Trinajstić information content (AvgIpc) is 2.77. The summed E-state index contributed by atoms with van der Waals surface area (Å²) in [6.45, 7) is 1.60. The van der Waals surface area contributed by atoms with E-state index < -0.39 is 0 Å². The van der Waals surface area contributed by atoms with Crippen LogP contribution in [0.5, 0.6) is 0 Å². The van der Waals surface area contributed by atoms with E-state index in [1.807, 2.05) is 12.1 Å². The van der Waals surface area contributed by atoms with Crippen molar-refractivity contribution in [3.05, 3.63) is 45.9 Å². The first-order valence-corrected chi connectivity index (χ1v) is 6.59. The number of rotatable bonds is 3. The Morgan fingerprint density at radius 3 is 3.05 bits per heavy atom. The van der Waals surface area contributed by atoms with Gasteiger partial charge in [0.15, 0.2) is 0 Å². The van der Waals surface area contributed by atoms with Crippen LogP contribution in [-0.2, 0) is 26.1 Å². The highest BCUT2D eigenvalue weighted by molar-refractivity contribution is 5.19. The van der Waals surface area contributed by atoms with Gasteiger partial charge in [-0.1, -0.05) is 6.07 Å². The molecule has 1 aliphatic heterocycles. The minimum atomic E-state index is -0.0264. The minimum absolute atomic E-state index is 0.0264. The Bertz CT molecular complexity index is 643. The Hall–Kier alpha value is -1.95. The van der Waals surface area contributed by atoms with Crippen LogP contribution < -0.4 is 11.4 Å². The van der Waals surface area contributed by atoms with Crippen molar-refractivity contribution < 1.29 is 0 Å². The number of nitrogens with two attached hydrogens (primary N) is 1. The lowest BCUT2D eigenvalue weighted by Crippen LogP contribution is -2.27. The monoisotopic (exact) mass is 259 g/mol. The zero-order chi connectivity index (χ0) is 13.2. The maximum Gasteiger partial charge on any atom is 0.346 e. The summed E-state index contributed by atoms with van der Waals surface area (Å²) < 4.78 is 3.30. The van der Waals surface area contributed by atoms with Crippen LogP contribution >= 0.6 is 0 Å². The largest absolute Gasteiger partial charge is 0.346 e. The highest BCUT2D eigenvalue weighted by Gasteiger charge is 2.17. The molecule has 3 heterocycles. The van der Waals surface area contributed by atoms with Gasteiger partial charge in [-0.3, -0.25) is 9.55 Å². The summed E-state index contributed by atoms with van der Waals surface area (Å²) in [5.41, 5.74) is 7.42. The molecule has 0 amide bonds. The predicted octanol–water partition coefficient (Wildman–Crippen LogP) is 0.283. The topological polar surface area (TPSA) is 78.7 Å². The molecule has 2 aromatic heterocycles. The molecule has 6 nitrogen and oxygen atoms in total. The lowest BCUT2D eigenvalue weighted by molar-refractivity contribution is 0.511. The number of pyridine rings is 1. The summed E-state index contributed by atoms with van der Waals surface area (Å²) in [5, 5.41) is 4.42. The number of nitrogens with zero attached hydrogens (tertiary/aromatic N) is 4. The van der Waals surface area contributed by atoms with Gasteiger partial charge in [0.1, 0.15) is 5.82 Å². The van der Waals surface area contributed by atoms with E-state index in [2.05, 4.69) is 10.1 Å². The van der Waals surface area contributed by atoms with Crippen molar-refractivity contribution >= 4 is 0 Å². The first-order chi connectivity index (χ1) is 9.29. The van der Waals surface area contributed by atoms with Crippen LogP contribution in [-0.4, -0.2) is 19.3 Å². The number of aromatic nitrogens is 4. The maximum atomic E-state index is 12.2. The molecule has 6 heteroatoms. The Labute approximate surface area is 110 Å². The van der Waals surface area contributed by atoms with E-state index in [9.17, 15) is 4.79 Å². The zero-order valence-corrected chi connectivity index (χ0v) is 10.7. The molecule has 0 aliphatic carbocycles. The molecule has 0 saturated heterocycles. The molecular weight excluding hydrogens is 242 g/mol. The third-order valence-corrected chi connectivity index (χ3v) is 3.53. The van der Waals surface area contributed by atoms with Crippen LogP contribution in [0, 0.1) is 0 Å². The maximum absolute atomic E-state index is 12.2. The summed E-state index contributed by atoms with van der Waals surface area (Å²) in [6.07, 6.45) is 4.77. The lowest BCUT2D eigenvalue weighted by atomic mass is 10.2. The first kappa shape index (κ1) is 12.1. The van der Waals surface area contributed by atoms with E-state index in [1.165, 1.54) is 4.68 Å². The zero-order valence-electron chi connectivity index (χ0n) is 10.7. The van der Waals surface area contributed by atoms with Crippen molar-refractivity contribution in [2.75, 3.05) is 0 Å². The van der Waals surface area contributed by atoms with Crippen molar-refractivity contribution in [1.29, 1.82) is 0 Å². The molecule has 0 aromatic carbocycles. The van der Waals surface area contributed by atoms with Crippen LogP contribution in [0.4, 0.5) is 0 Å².